The van der Waals surface area contributed by atoms with Gasteiger partial charge < -0.3 is 4.90 Å². The molecule has 1 aliphatic heterocycles. The Morgan fingerprint density at radius 3 is 2.63 bits per heavy atom. The van der Waals surface area contributed by atoms with E-state index in [1.54, 1.807) is 24.3 Å². The highest BCUT2D eigenvalue weighted by Crippen LogP contribution is 2.33. The number of hydrogen-bond donors (Lipinski definition) is 1. The second-order valence-electron chi connectivity index (χ2n) is 5.53. The zero-order valence-electron chi connectivity index (χ0n) is 13.4. The fraction of sp³-hybridized carbons (Fsp3) is 0.125. The summed E-state index contributed by atoms with van der Waals surface area (Å²) in [5, 5.41) is 4.14. The predicted molar refractivity (Wildman–Crippen MR) is 106 cm³/mol. The fourth-order valence-electron chi connectivity index (χ4n) is 2.65. The molecule has 0 aliphatic carbocycles. The highest BCUT2D eigenvalue weighted by molar-refractivity contribution is 9.10. The Morgan fingerprint density at radius 2 is 1.96 bits per heavy atom. The lowest BCUT2D eigenvalue weighted by atomic mass is 9.99. The van der Waals surface area contributed by atoms with Crippen molar-refractivity contribution in [2.75, 3.05) is 11.4 Å². The van der Waals surface area contributed by atoms with Crippen molar-refractivity contribution in [2.45, 2.75) is 6.42 Å². The SMILES string of the molecule is O=C(c1ccc(Cl)cc1Cl)N1CC/C(=N\OS(=O)(=O)O)c2ccc(Br)cc21. The number of rotatable bonds is 3. The van der Waals surface area contributed by atoms with Crippen LogP contribution in [0.2, 0.25) is 10.0 Å². The van der Waals surface area contributed by atoms with E-state index in [-0.39, 0.29) is 35.2 Å². The second kappa shape index (κ2) is 7.76. The topological polar surface area (TPSA) is 96.3 Å². The van der Waals surface area contributed by atoms with Gasteiger partial charge in [0.25, 0.3) is 5.91 Å². The minimum atomic E-state index is -4.72. The van der Waals surface area contributed by atoms with Gasteiger partial charge in [-0.2, -0.15) is 8.42 Å². The molecule has 1 aliphatic rings. The van der Waals surface area contributed by atoms with Gasteiger partial charge in [0, 0.05) is 28.0 Å². The average molecular weight is 494 g/mol. The summed E-state index contributed by atoms with van der Waals surface area (Å²) >= 11 is 15.4. The van der Waals surface area contributed by atoms with Crippen molar-refractivity contribution in [3.63, 3.8) is 0 Å². The van der Waals surface area contributed by atoms with Crippen molar-refractivity contribution < 1.29 is 22.0 Å². The van der Waals surface area contributed by atoms with Gasteiger partial charge in [0.2, 0.25) is 0 Å². The smallest absolute Gasteiger partial charge is 0.307 e. The lowest BCUT2D eigenvalue weighted by molar-refractivity contribution is 0.0987. The molecule has 1 heterocycles. The number of carbonyl (C=O) groups is 1. The summed E-state index contributed by atoms with van der Waals surface area (Å²) in [5.41, 5.74) is 1.54. The summed E-state index contributed by atoms with van der Waals surface area (Å²) < 4.78 is 35.2. The van der Waals surface area contributed by atoms with Crippen LogP contribution in [0.5, 0.6) is 0 Å². The Kier molecular flexibility index (Phi) is 5.78. The third-order valence-electron chi connectivity index (χ3n) is 3.78. The van der Waals surface area contributed by atoms with Gasteiger partial charge in [-0.25, -0.2) is 4.28 Å². The van der Waals surface area contributed by atoms with E-state index in [0.717, 1.165) is 0 Å². The maximum atomic E-state index is 13.0. The van der Waals surface area contributed by atoms with E-state index in [1.807, 2.05) is 0 Å². The lowest BCUT2D eigenvalue weighted by Gasteiger charge is -2.30. The molecule has 3 rings (SSSR count). The Hall–Kier alpha value is -1.65. The summed E-state index contributed by atoms with van der Waals surface area (Å²) in [6.07, 6.45) is 0.209. The first-order valence-electron chi connectivity index (χ1n) is 7.45. The van der Waals surface area contributed by atoms with Crippen molar-refractivity contribution in [3.8, 4) is 0 Å². The van der Waals surface area contributed by atoms with Crippen LogP contribution in [0.3, 0.4) is 0 Å². The van der Waals surface area contributed by atoms with Crippen LogP contribution < -0.4 is 4.90 Å². The predicted octanol–water partition coefficient (Wildman–Crippen LogP) is 4.33. The van der Waals surface area contributed by atoms with E-state index < -0.39 is 10.4 Å². The minimum absolute atomic E-state index is 0.203. The standard InChI is InChI=1S/C16H11BrCl2N2O5S/c17-9-1-3-12-14(20-26-27(23,24)25)5-6-21(15(12)7-9)16(22)11-4-2-10(18)8-13(11)19/h1-4,7-8H,5-6H2,(H,23,24,25)/b20-14+. The molecule has 2 aromatic carbocycles. The third-order valence-corrected chi connectivity index (χ3v) is 5.09. The number of hydrogen-bond acceptors (Lipinski definition) is 5. The maximum Gasteiger partial charge on any atom is 0.466 e. The van der Waals surface area contributed by atoms with Crippen molar-refractivity contribution in [3.05, 3.63) is 62.0 Å². The van der Waals surface area contributed by atoms with Crippen LogP contribution in [-0.2, 0) is 14.7 Å². The van der Waals surface area contributed by atoms with Crippen LogP contribution in [-0.4, -0.2) is 31.1 Å². The van der Waals surface area contributed by atoms with Gasteiger partial charge in [-0.15, -0.1) is 0 Å². The van der Waals surface area contributed by atoms with E-state index in [4.69, 9.17) is 27.8 Å². The molecule has 2 aromatic rings. The molecule has 1 amide bonds. The van der Waals surface area contributed by atoms with Crippen LogP contribution in [0, 0.1) is 0 Å². The van der Waals surface area contributed by atoms with E-state index in [0.29, 0.717) is 20.7 Å². The molecule has 0 unspecified atom stereocenters. The Bertz CT molecular complexity index is 1060. The molecule has 0 fully saturated rings. The Morgan fingerprint density at radius 1 is 1.22 bits per heavy atom. The van der Waals surface area contributed by atoms with E-state index in [1.165, 1.54) is 17.0 Å². The Labute approximate surface area is 173 Å². The summed E-state index contributed by atoms with van der Waals surface area (Å²) in [6, 6.07) is 9.66. The van der Waals surface area contributed by atoms with E-state index in [9.17, 15) is 13.2 Å². The number of oxime groups is 1. The highest BCUT2D eigenvalue weighted by Gasteiger charge is 2.29. The van der Waals surface area contributed by atoms with Gasteiger partial charge in [-0.1, -0.05) is 44.3 Å². The van der Waals surface area contributed by atoms with Gasteiger partial charge in [0.05, 0.1) is 22.0 Å². The van der Waals surface area contributed by atoms with Crippen molar-refractivity contribution in [2.24, 2.45) is 5.16 Å². The largest absolute Gasteiger partial charge is 0.466 e. The van der Waals surface area contributed by atoms with Crippen molar-refractivity contribution in [1.29, 1.82) is 0 Å². The normalized spacial score (nSPS) is 15.6. The second-order valence-corrected chi connectivity index (χ2v) is 8.30. The Balaban J connectivity index is 2.03. The first-order valence-corrected chi connectivity index (χ1v) is 10.4. The summed E-state index contributed by atoms with van der Waals surface area (Å²) in [6.45, 7) is 0.203. The fourth-order valence-corrected chi connectivity index (χ4v) is 3.67. The van der Waals surface area contributed by atoms with Gasteiger partial charge in [-0.3, -0.25) is 9.35 Å². The first kappa shape index (κ1) is 20.1. The molecule has 11 heteroatoms. The number of fused-ring (bicyclic) bond motifs is 1. The quantitative estimate of drug-likeness (QED) is 0.507. The zero-order chi connectivity index (χ0) is 19.8. The van der Waals surface area contributed by atoms with Crippen LogP contribution in [0.25, 0.3) is 0 Å². The minimum Gasteiger partial charge on any atom is -0.307 e. The van der Waals surface area contributed by atoms with Gasteiger partial charge >= 0.3 is 10.4 Å². The number of benzene rings is 2. The molecular weight excluding hydrogens is 483 g/mol. The lowest BCUT2D eigenvalue weighted by Crippen LogP contribution is -2.38. The number of amides is 1. The third kappa shape index (κ3) is 4.61. The average Bonchev–Trinajstić information content (AvgIpc) is 2.58. The number of anilines is 1. The van der Waals surface area contributed by atoms with Crippen LogP contribution in [0.4, 0.5) is 5.69 Å². The van der Waals surface area contributed by atoms with Crippen LogP contribution in [0.15, 0.2) is 46.0 Å². The number of nitrogens with zero attached hydrogens (tertiary/aromatic N) is 2. The van der Waals surface area contributed by atoms with Gasteiger partial charge in [-0.05, 0) is 36.4 Å². The maximum absolute atomic E-state index is 13.0. The highest BCUT2D eigenvalue weighted by atomic mass is 79.9. The van der Waals surface area contributed by atoms with Crippen LogP contribution in [0.1, 0.15) is 22.3 Å². The summed E-state index contributed by atoms with van der Waals surface area (Å²) in [7, 11) is -4.72. The molecular formula is C16H11BrCl2N2O5S. The molecule has 0 radical (unpaired) electrons. The molecule has 0 saturated carbocycles. The molecule has 0 saturated heterocycles. The molecule has 0 spiro atoms. The molecule has 27 heavy (non-hydrogen) atoms. The van der Waals surface area contributed by atoms with Gasteiger partial charge in [0.1, 0.15) is 0 Å². The number of halogens is 3. The van der Waals surface area contributed by atoms with Crippen LogP contribution >= 0.6 is 39.1 Å². The number of carbonyl (C=O) groups excluding carboxylic acids is 1. The summed E-state index contributed by atoms with van der Waals surface area (Å²) in [5.74, 6) is -0.342. The van der Waals surface area contributed by atoms with Crippen molar-refractivity contribution in [1.82, 2.24) is 0 Å². The van der Waals surface area contributed by atoms with Crippen molar-refractivity contribution >= 4 is 66.8 Å². The van der Waals surface area contributed by atoms with E-state index >= 15 is 0 Å². The molecule has 1 N–H and O–H groups in total. The first-order chi connectivity index (χ1) is 12.7. The summed E-state index contributed by atoms with van der Waals surface area (Å²) in [4.78, 5) is 14.5. The molecule has 0 bridgehead atoms. The monoisotopic (exact) mass is 492 g/mol. The molecule has 142 valence electrons. The van der Waals surface area contributed by atoms with Gasteiger partial charge in [0.15, 0.2) is 0 Å². The molecule has 7 nitrogen and oxygen atoms in total. The van der Waals surface area contributed by atoms with E-state index in [2.05, 4.69) is 25.4 Å². The molecule has 0 aromatic heterocycles. The molecule has 0 atom stereocenters. The zero-order valence-corrected chi connectivity index (χ0v) is 17.3.